The van der Waals surface area contributed by atoms with Crippen molar-refractivity contribution >= 4 is 5.97 Å². The topological polar surface area (TPSA) is 49.8 Å². The van der Waals surface area contributed by atoms with E-state index in [-0.39, 0.29) is 5.92 Å². The fourth-order valence-corrected chi connectivity index (χ4v) is 1.56. The van der Waals surface area contributed by atoms with Crippen LogP contribution in [0.2, 0.25) is 0 Å². The largest absolute Gasteiger partial charge is 0.345 e. The Morgan fingerprint density at radius 1 is 1.58 bits per heavy atom. The summed E-state index contributed by atoms with van der Waals surface area (Å²) in [6.07, 6.45) is 1.60. The molecule has 1 aliphatic rings. The van der Waals surface area contributed by atoms with Crippen molar-refractivity contribution < 1.29 is 14.9 Å². The van der Waals surface area contributed by atoms with E-state index in [2.05, 4.69) is 16.7 Å². The molecule has 0 amide bonds. The van der Waals surface area contributed by atoms with E-state index < -0.39 is 5.97 Å². The number of carbonyl (C=O) groups is 1. The van der Waals surface area contributed by atoms with E-state index in [1.54, 1.807) is 0 Å². The highest BCUT2D eigenvalue weighted by Crippen LogP contribution is 2.17. The van der Waals surface area contributed by atoms with Gasteiger partial charge in [-0.15, -0.1) is 0 Å². The van der Waals surface area contributed by atoms with Gasteiger partial charge in [0.15, 0.2) is 0 Å². The summed E-state index contributed by atoms with van der Waals surface area (Å²) in [5.74, 6) is -0.580. The second-order valence-corrected chi connectivity index (χ2v) is 3.12. The van der Waals surface area contributed by atoms with Crippen LogP contribution in [-0.2, 0) is 9.68 Å². The zero-order valence-corrected chi connectivity index (χ0v) is 7.32. The van der Waals surface area contributed by atoms with Crippen LogP contribution in [0.4, 0.5) is 0 Å². The maximum Gasteiger partial charge on any atom is 0.345 e. The molecule has 12 heavy (non-hydrogen) atoms. The zero-order chi connectivity index (χ0) is 8.97. The summed E-state index contributed by atoms with van der Waals surface area (Å²) in [5, 5.41) is 8.15. The molecule has 0 aliphatic carbocycles. The minimum absolute atomic E-state index is 0.0993. The lowest BCUT2D eigenvalue weighted by molar-refractivity contribution is -0.240. The minimum atomic E-state index is -0.481. The Hall–Kier alpha value is -0.610. The lowest BCUT2D eigenvalue weighted by atomic mass is 9.97. The number of hydrogen-bond donors (Lipinski definition) is 1. The maximum absolute atomic E-state index is 10.9. The molecule has 0 aromatic rings. The second-order valence-electron chi connectivity index (χ2n) is 3.12. The van der Waals surface area contributed by atoms with Crippen molar-refractivity contribution in [3.05, 3.63) is 0 Å². The standard InChI is InChI=1S/C8H15NO3/c1-2-9-5-3-7(4-6-9)8(10)12-11/h7,11H,2-6H2,1H3. The molecule has 1 saturated heterocycles. The maximum atomic E-state index is 10.9. The van der Waals surface area contributed by atoms with Crippen LogP contribution in [0.1, 0.15) is 19.8 Å². The van der Waals surface area contributed by atoms with Gasteiger partial charge in [-0.2, -0.15) is 5.26 Å². The third-order valence-electron chi connectivity index (χ3n) is 2.46. The summed E-state index contributed by atoms with van der Waals surface area (Å²) in [4.78, 5) is 16.9. The highest BCUT2D eigenvalue weighted by atomic mass is 17.1. The van der Waals surface area contributed by atoms with Crippen LogP contribution in [0.5, 0.6) is 0 Å². The van der Waals surface area contributed by atoms with E-state index in [0.717, 1.165) is 32.5 Å². The van der Waals surface area contributed by atoms with Gasteiger partial charge in [0.2, 0.25) is 0 Å². The van der Waals surface area contributed by atoms with E-state index in [1.807, 2.05) is 0 Å². The van der Waals surface area contributed by atoms with E-state index in [0.29, 0.717) is 0 Å². The fraction of sp³-hybridized carbons (Fsp3) is 0.875. The molecule has 1 heterocycles. The average molecular weight is 173 g/mol. The van der Waals surface area contributed by atoms with Crippen LogP contribution >= 0.6 is 0 Å². The molecule has 4 nitrogen and oxygen atoms in total. The van der Waals surface area contributed by atoms with Gasteiger partial charge in [0, 0.05) is 0 Å². The summed E-state index contributed by atoms with van der Waals surface area (Å²) >= 11 is 0. The molecule has 0 saturated carbocycles. The predicted octanol–water partition coefficient (Wildman–Crippen LogP) is 0.734. The first-order chi connectivity index (χ1) is 5.77. The average Bonchev–Trinajstić information content (AvgIpc) is 2.17. The minimum Gasteiger partial charge on any atom is -0.304 e. The van der Waals surface area contributed by atoms with Crippen LogP contribution in [0.25, 0.3) is 0 Å². The number of rotatable bonds is 2. The van der Waals surface area contributed by atoms with Gasteiger partial charge in [0.25, 0.3) is 0 Å². The third kappa shape index (κ3) is 2.19. The molecule has 1 N–H and O–H groups in total. The molecule has 0 aromatic heterocycles. The molecule has 0 atom stereocenters. The molecule has 0 radical (unpaired) electrons. The molecule has 0 unspecified atom stereocenters. The van der Waals surface area contributed by atoms with Gasteiger partial charge in [-0.05, 0) is 32.5 Å². The summed E-state index contributed by atoms with van der Waals surface area (Å²) in [6.45, 7) is 4.98. The number of piperidine rings is 1. The van der Waals surface area contributed by atoms with Crippen molar-refractivity contribution in [1.29, 1.82) is 0 Å². The van der Waals surface area contributed by atoms with Crippen molar-refractivity contribution in [1.82, 2.24) is 4.90 Å². The van der Waals surface area contributed by atoms with Crippen molar-refractivity contribution in [2.24, 2.45) is 5.92 Å². The Morgan fingerprint density at radius 3 is 2.58 bits per heavy atom. The van der Waals surface area contributed by atoms with Gasteiger partial charge >= 0.3 is 5.97 Å². The SMILES string of the molecule is CCN1CCC(C(=O)OO)CC1. The highest BCUT2D eigenvalue weighted by Gasteiger charge is 2.25. The third-order valence-corrected chi connectivity index (χ3v) is 2.46. The fourth-order valence-electron chi connectivity index (χ4n) is 1.56. The van der Waals surface area contributed by atoms with Gasteiger partial charge in [0.1, 0.15) is 0 Å². The quantitative estimate of drug-likeness (QED) is 0.494. The van der Waals surface area contributed by atoms with Crippen molar-refractivity contribution in [2.45, 2.75) is 19.8 Å². The first-order valence-electron chi connectivity index (χ1n) is 4.35. The highest BCUT2D eigenvalue weighted by molar-refractivity contribution is 5.71. The monoisotopic (exact) mass is 173 g/mol. The van der Waals surface area contributed by atoms with Gasteiger partial charge in [0.05, 0.1) is 5.92 Å². The molecule has 1 aliphatic heterocycles. The van der Waals surface area contributed by atoms with Crippen molar-refractivity contribution in [2.75, 3.05) is 19.6 Å². The van der Waals surface area contributed by atoms with Gasteiger partial charge in [-0.25, -0.2) is 4.79 Å². The normalized spacial score (nSPS) is 20.8. The molecular weight excluding hydrogens is 158 g/mol. The summed E-state index contributed by atoms with van der Waals surface area (Å²) in [7, 11) is 0. The Morgan fingerprint density at radius 2 is 2.17 bits per heavy atom. The van der Waals surface area contributed by atoms with E-state index in [1.165, 1.54) is 0 Å². The molecule has 0 aromatic carbocycles. The van der Waals surface area contributed by atoms with Crippen molar-refractivity contribution in [3.63, 3.8) is 0 Å². The van der Waals surface area contributed by atoms with Crippen molar-refractivity contribution in [3.8, 4) is 0 Å². The number of likely N-dealkylation sites (tertiary alicyclic amines) is 1. The lowest BCUT2D eigenvalue weighted by Crippen LogP contribution is -2.36. The Kier molecular flexibility index (Phi) is 3.49. The second kappa shape index (κ2) is 4.42. The zero-order valence-electron chi connectivity index (χ0n) is 7.32. The van der Waals surface area contributed by atoms with Gasteiger partial charge in [-0.1, -0.05) is 6.92 Å². The van der Waals surface area contributed by atoms with E-state index >= 15 is 0 Å². The lowest BCUT2D eigenvalue weighted by Gasteiger charge is -2.28. The molecular formula is C8H15NO3. The smallest absolute Gasteiger partial charge is 0.304 e. The Labute approximate surface area is 72.0 Å². The van der Waals surface area contributed by atoms with Crippen LogP contribution in [0, 0.1) is 5.92 Å². The molecule has 0 bridgehead atoms. The predicted molar refractivity (Wildman–Crippen MR) is 43.6 cm³/mol. The van der Waals surface area contributed by atoms with Crippen LogP contribution in [0.3, 0.4) is 0 Å². The summed E-state index contributed by atoms with van der Waals surface area (Å²) in [5.41, 5.74) is 0. The molecule has 70 valence electrons. The van der Waals surface area contributed by atoms with E-state index in [9.17, 15) is 4.79 Å². The first-order valence-corrected chi connectivity index (χ1v) is 4.35. The number of nitrogens with zero attached hydrogens (tertiary/aromatic N) is 1. The number of hydrogen-bond acceptors (Lipinski definition) is 4. The molecule has 0 spiro atoms. The summed E-state index contributed by atoms with van der Waals surface area (Å²) < 4.78 is 0. The number of carbonyl (C=O) groups excluding carboxylic acids is 1. The van der Waals surface area contributed by atoms with Gasteiger partial charge < -0.3 is 9.79 Å². The van der Waals surface area contributed by atoms with E-state index in [4.69, 9.17) is 5.26 Å². The molecule has 1 fully saturated rings. The van der Waals surface area contributed by atoms with Gasteiger partial charge in [-0.3, -0.25) is 0 Å². The Bertz CT molecular complexity index is 152. The summed E-state index contributed by atoms with van der Waals surface area (Å²) in [6, 6.07) is 0. The Balaban J connectivity index is 2.30. The molecule has 4 heteroatoms. The first kappa shape index (κ1) is 9.48. The van der Waals surface area contributed by atoms with Crippen LogP contribution in [0.15, 0.2) is 0 Å². The van der Waals surface area contributed by atoms with Crippen LogP contribution < -0.4 is 0 Å². The molecule has 1 rings (SSSR count). The van der Waals surface area contributed by atoms with Crippen LogP contribution in [-0.4, -0.2) is 35.8 Å².